The molecule has 2 N–H and O–H groups in total. The smallest absolute Gasteiger partial charge is 0.418 e. The highest BCUT2D eigenvalue weighted by Gasteiger charge is 2.33. The summed E-state index contributed by atoms with van der Waals surface area (Å²) >= 11 is 0.738. The van der Waals surface area contributed by atoms with Crippen LogP contribution in [-0.2, 0) is 6.18 Å². The van der Waals surface area contributed by atoms with Crippen molar-refractivity contribution in [1.29, 1.82) is 0 Å². The number of phenolic OH excluding ortho intramolecular Hbond substituents is 1. The van der Waals surface area contributed by atoms with Crippen LogP contribution in [0.15, 0.2) is 53.4 Å². The van der Waals surface area contributed by atoms with Gasteiger partial charge in [0.15, 0.2) is 0 Å². The number of carbonyl (C=O) groups is 1. The fourth-order valence-corrected chi connectivity index (χ4v) is 2.24. The third kappa shape index (κ3) is 4.16. The number of phenols is 1. The van der Waals surface area contributed by atoms with Crippen LogP contribution in [0.5, 0.6) is 5.75 Å². The Morgan fingerprint density at radius 3 is 2.29 bits per heavy atom. The summed E-state index contributed by atoms with van der Waals surface area (Å²) in [7, 11) is 0. The lowest BCUT2D eigenvalue weighted by atomic mass is 10.2. The number of anilines is 1. The van der Waals surface area contributed by atoms with Gasteiger partial charge in [0.2, 0.25) is 0 Å². The average molecular weight is 313 g/mol. The van der Waals surface area contributed by atoms with Crippen LogP contribution in [0.3, 0.4) is 0 Å². The number of rotatable bonds is 2. The minimum Gasteiger partial charge on any atom is -0.508 e. The Labute approximate surface area is 122 Å². The Morgan fingerprint density at radius 2 is 1.67 bits per heavy atom. The number of aromatic hydroxyl groups is 1. The van der Waals surface area contributed by atoms with Gasteiger partial charge in [0.1, 0.15) is 5.75 Å². The van der Waals surface area contributed by atoms with E-state index in [0.717, 1.165) is 17.8 Å². The lowest BCUT2D eigenvalue weighted by molar-refractivity contribution is -0.136. The zero-order valence-corrected chi connectivity index (χ0v) is 11.3. The minimum atomic E-state index is -4.53. The summed E-state index contributed by atoms with van der Waals surface area (Å²) < 4.78 is 38.4. The standard InChI is InChI=1S/C14H10F3NO2S/c15-14(16,17)11-3-1-2-4-12(11)18-13(20)21-10-7-5-9(19)6-8-10/h1-8,19H,(H,18,20). The first-order chi connectivity index (χ1) is 9.86. The molecule has 3 nitrogen and oxygen atoms in total. The van der Waals surface area contributed by atoms with E-state index in [-0.39, 0.29) is 11.4 Å². The molecule has 0 aliphatic rings. The van der Waals surface area contributed by atoms with Gasteiger partial charge < -0.3 is 10.4 Å². The number of thioether (sulfide) groups is 1. The van der Waals surface area contributed by atoms with Crippen molar-refractivity contribution in [2.75, 3.05) is 5.32 Å². The molecule has 21 heavy (non-hydrogen) atoms. The van der Waals surface area contributed by atoms with Gasteiger partial charge in [-0.3, -0.25) is 4.79 Å². The number of para-hydroxylation sites is 1. The van der Waals surface area contributed by atoms with Gasteiger partial charge >= 0.3 is 6.18 Å². The normalized spacial score (nSPS) is 11.2. The highest BCUT2D eigenvalue weighted by Crippen LogP contribution is 2.35. The van der Waals surface area contributed by atoms with Crippen molar-refractivity contribution in [3.05, 3.63) is 54.1 Å². The molecule has 0 aliphatic heterocycles. The third-order valence-electron chi connectivity index (χ3n) is 2.52. The van der Waals surface area contributed by atoms with Gasteiger partial charge in [0, 0.05) is 4.90 Å². The number of halogens is 3. The molecule has 0 unspecified atom stereocenters. The fraction of sp³-hybridized carbons (Fsp3) is 0.0714. The van der Waals surface area contributed by atoms with E-state index in [1.165, 1.54) is 42.5 Å². The minimum absolute atomic E-state index is 0.0437. The van der Waals surface area contributed by atoms with Gasteiger partial charge in [0.25, 0.3) is 5.24 Å². The van der Waals surface area contributed by atoms with Crippen molar-refractivity contribution < 1.29 is 23.1 Å². The van der Waals surface area contributed by atoms with Crippen molar-refractivity contribution in [2.24, 2.45) is 0 Å². The molecule has 0 saturated heterocycles. The van der Waals surface area contributed by atoms with Crippen molar-refractivity contribution in [3.63, 3.8) is 0 Å². The zero-order valence-electron chi connectivity index (χ0n) is 10.5. The van der Waals surface area contributed by atoms with Gasteiger partial charge in [-0.1, -0.05) is 12.1 Å². The molecule has 0 heterocycles. The third-order valence-corrected chi connectivity index (χ3v) is 3.31. The number of nitrogens with one attached hydrogen (secondary N) is 1. The Hall–Kier alpha value is -2.15. The summed E-state index contributed by atoms with van der Waals surface area (Å²) in [6.07, 6.45) is -4.53. The molecule has 1 amide bonds. The number of hydrogen-bond acceptors (Lipinski definition) is 3. The van der Waals surface area contributed by atoms with E-state index < -0.39 is 17.0 Å². The van der Waals surface area contributed by atoms with Gasteiger partial charge in [-0.2, -0.15) is 13.2 Å². The summed E-state index contributed by atoms with van der Waals surface area (Å²) in [5, 5.41) is 10.7. The van der Waals surface area contributed by atoms with Crippen molar-refractivity contribution >= 4 is 22.7 Å². The molecule has 0 aliphatic carbocycles. The van der Waals surface area contributed by atoms with Crippen LogP contribution in [0.4, 0.5) is 23.7 Å². The first kappa shape index (κ1) is 15.2. The number of alkyl halides is 3. The van der Waals surface area contributed by atoms with Gasteiger partial charge in [-0.05, 0) is 48.2 Å². The quantitative estimate of drug-likeness (QED) is 0.788. The van der Waals surface area contributed by atoms with Gasteiger partial charge in [-0.15, -0.1) is 0 Å². The summed E-state index contributed by atoms with van der Waals surface area (Å²) in [5.74, 6) is 0.0437. The number of carbonyl (C=O) groups excluding carboxylic acids is 1. The Kier molecular flexibility index (Phi) is 4.42. The molecule has 2 rings (SSSR count). The summed E-state index contributed by atoms with van der Waals surface area (Å²) in [4.78, 5) is 12.3. The Morgan fingerprint density at radius 1 is 1.05 bits per heavy atom. The van der Waals surface area contributed by atoms with E-state index in [1.54, 1.807) is 0 Å². The molecule has 0 saturated carbocycles. The molecule has 0 bridgehead atoms. The molecule has 0 spiro atoms. The molecular weight excluding hydrogens is 303 g/mol. The zero-order chi connectivity index (χ0) is 15.5. The summed E-state index contributed by atoms with van der Waals surface area (Å²) in [6, 6.07) is 10.5. The molecule has 0 atom stereocenters. The molecule has 0 aromatic heterocycles. The molecule has 7 heteroatoms. The van der Waals surface area contributed by atoms with Crippen LogP contribution in [0.25, 0.3) is 0 Å². The largest absolute Gasteiger partial charge is 0.508 e. The first-order valence-corrected chi connectivity index (χ1v) is 6.62. The van der Waals surface area contributed by atoms with E-state index in [0.29, 0.717) is 4.90 Å². The summed E-state index contributed by atoms with van der Waals surface area (Å²) in [6.45, 7) is 0. The van der Waals surface area contributed by atoms with Crippen LogP contribution >= 0.6 is 11.8 Å². The van der Waals surface area contributed by atoms with E-state index in [9.17, 15) is 18.0 Å². The second kappa shape index (κ2) is 6.09. The van der Waals surface area contributed by atoms with Crippen LogP contribution < -0.4 is 5.32 Å². The molecule has 2 aromatic rings. The van der Waals surface area contributed by atoms with Crippen molar-refractivity contribution in [2.45, 2.75) is 11.1 Å². The number of hydrogen-bond donors (Lipinski definition) is 2. The average Bonchev–Trinajstić information content (AvgIpc) is 2.41. The molecular formula is C14H10F3NO2S. The Bertz CT molecular complexity index is 641. The van der Waals surface area contributed by atoms with Crippen LogP contribution in [0, 0.1) is 0 Å². The SMILES string of the molecule is O=C(Nc1ccccc1C(F)(F)F)Sc1ccc(O)cc1. The highest BCUT2D eigenvalue weighted by molar-refractivity contribution is 8.13. The maximum atomic E-state index is 12.8. The number of amides is 1. The van der Waals surface area contributed by atoms with E-state index >= 15 is 0 Å². The topological polar surface area (TPSA) is 49.3 Å². The van der Waals surface area contributed by atoms with E-state index in [2.05, 4.69) is 5.32 Å². The maximum absolute atomic E-state index is 12.8. The molecule has 2 aromatic carbocycles. The van der Waals surface area contributed by atoms with Crippen LogP contribution in [0.2, 0.25) is 0 Å². The predicted octanol–water partition coefficient (Wildman–Crippen LogP) is 4.74. The second-order valence-corrected chi connectivity index (χ2v) is 5.10. The molecule has 0 radical (unpaired) electrons. The first-order valence-electron chi connectivity index (χ1n) is 5.80. The van der Waals surface area contributed by atoms with E-state index in [1.807, 2.05) is 0 Å². The predicted molar refractivity (Wildman–Crippen MR) is 74.4 cm³/mol. The van der Waals surface area contributed by atoms with Crippen LogP contribution in [0.1, 0.15) is 5.56 Å². The lowest BCUT2D eigenvalue weighted by Gasteiger charge is -2.13. The lowest BCUT2D eigenvalue weighted by Crippen LogP contribution is -2.12. The highest BCUT2D eigenvalue weighted by atomic mass is 32.2. The van der Waals surface area contributed by atoms with Crippen molar-refractivity contribution in [1.82, 2.24) is 0 Å². The fourth-order valence-electron chi connectivity index (χ4n) is 1.60. The van der Waals surface area contributed by atoms with Gasteiger partial charge in [0.05, 0.1) is 11.3 Å². The monoisotopic (exact) mass is 313 g/mol. The van der Waals surface area contributed by atoms with E-state index in [4.69, 9.17) is 5.11 Å². The maximum Gasteiger partial charge on any atom is 0.418 e. The number of benzene rings is 2. The second-order valence-electron chi connectivity index (χ2n) is 4.05. The van der Waals surface area contributed by atoms with Gasteiger partial charge in [-0.25, -0.2) is 0 Å². The Balaban J connectivity index is 2.11. The van der Waals surface area contributed by atoms with Crippen molar-refractivity contribution in [3.8, 4) is 5.75 Å². The summed E-state index contributed by atoms with van der Waals surface area (Å²) in [5.41, 5.74) is -1.19. The van der Waals surface area contributed by atoms with Crippen LogP contribution in [-0.4, -0.2) is 10.3 Å². The molecule has 110 valence electrons. The molecule has 0 fully saturated rings.